The molecule has 154 valence electrons. The molecular weight excluding hydrogens is 384 g/mol. The van der Waals surface area contributed by atoms with E-state index < -0.39 is 11.9 Å². The van der Waals surface area contributed by atoms with Gasteiger partial charge < -0.3 is 14.8 Å². The third-order valence-electron chi connectivity index (χ3n) is 4.73. The number of nitrogens with zero attached hydrogens (tertiary/aromatic N) is 1. The van der Waals surface area contributed by atoms with Crippen molar-refractivity contribution < 1.29 is 19.1 Å². The molecule has 3 amide bonds. The lowest BCUT2D eigenvalue weighted by Gasteiger charge is -2.12. The summed E-state index contributed by atoms with van der Waals surface area (Å²) in [4.78, 5) is 29.4. The molecule has 8 heteroatoms. The van der Waals surface area contributed by atoms with E-state index in [1.54, 1.807) is 6.07 Å². The monoisotopic (exact) mass is 406 g/mol. The highest BCUT2D eigenvalue weighted by Crippen LogP contribution is 2.36. The number of carbonyl (C=O) groups is 2. The molecule has 0 bridgehead atoms. The van der Waals surface area contributed by atoms with Crippen LogP contribution >= 0.6 is 0 Å². The van der Waals surface area contributed by atoms with Gasteiger partial charge in [-0.2, -0.15) is 0 Å². The zero-order valence-corrected chi connectivity index (χ0v) is 16.5. The molecule has 30 heavy (non-hydrogen) atoms. The minimum Gasteiger partial charge on any atom is -0.454 e. The highest BCUT2D eigenvalue weighted by molar-refractivity contribution is 6.07. The minimum absolute atomic E-state index is 0.184. The normalized spacial score (nSPS) is 11.9. The smallest absolute Gasteiger partial charge is 0.333 e. The Morgan fingerprint density at radius 1 is 1.03 bits per heavy atom. The molecular formula is C22H22N4O4. The van der Waals surface area contributed by atoms with Gasteiger partial charge in [-0.3, -0.25) is 10.2 Å². The van der Waals surface area contributed by atoms with E-state index >= 15 is 0 Å². The van der Waals surface area contributed by atoms with Gasteiger partial charge in [-0.25, -0.2) is 15.2 Å². The molecule has 0 saturated heterocycles. The van der Waals surface area contributed by atoms with Gasteiger partial charge in [-0.15, -0.1) is 0 Å². The number of amides is 3. The van der Waals surface area contributed by atoms with Gasteiger partial charge in [0.2, 0.25) is 6.79 Å². The SMILES string of the molecule is CCCCNC(=O)NNC(=O)c1cc(-c2ccc3c(c2)OCO3)nc2ccccc12. The van der Waals surface area contributed by atoms with Crippen LogP contribution in [-0.2, 0) is 0 Å². The van der Waals surface area contributed by atoms with E-state index in [2.05, 4.69) is 21.2 Å². The van der Waals surface area contributed by atoms with Crippen LogP contribution in [0.25, 0.3) is 22.2 Å². The number of aromatic nitrogens is 1. The molecule has 2 aromatic carbocycles. The summed E-state index contributed by atoms with van der Waals surface area (Å²) in [5.74, 6) is 0.885. The van der Waals surface area contributed by atoms with Gasteiger partial charge in [-0.1, -0.05) is 31.5 Å². The van der Waals surface area contributed by atoms with E-state index in [1.165, 1.54) is 0 Å². The summed E-state index contributed by atoms with van der Waals surface area (Å²) >= 11 is 0. The molecule has 1 aromatic heterocycles. The maximum absolute atomic E-state index is 12.8. The number of hydrazine groups is 1. The van der Waals surface area contributed by atoms with Crippen LogP contribution in [0.1, 0.15) is 30.1 Å². The second-order valence-corrected chi connectivity index (χ2v) is 6.83. The number of unbranched alkanes of at least 4 members (excludes halogenated alkanes) is 1. The summed E-state index contributed by atoms with van der Waals surface area (Å²) in [6, 6.07) is 14.1. The maximum atomic E-state index is 12.8. The van der Waals surface area contributed by atoms with Crippen molar-refractivity contribution in [2.24, 2.45) is 0 Å². The maximum Gasteiger partial charge on any atom is 0.333 e. The summed E-state index contributed by atoms with van der Waals surface area (Å²) in [5, 5.41) is 3.37. The number of carbonyl (C=O) groups excluding carboxylic acids is 2. The fourth-order valence-electron chi connectivity index (χ4n) is 3.17. The van der Waals surface area contributed by atoms with E-state index in [1.807, 2.05) is 49.4 Å². The molecule has 0 aliphatic carbocycles. The average molecular weight is 406 g/mol. The predicted molar refractivity (Wildman–Crippen MR) is 112 cm³/mol. The van der Waals surface area contributed by atoms with Crippen molar-refractivity contribution in [3.63, 3.8) is 0 Å². The molecule has 0 atom stereocenters. The van der Waals surface area contributed by atoms with Crippen LogP contribution in [-0.4, -0.2) is 30.3 Å². The first-order valence-electron chi connectivity index (χ1n) is 9.79. The van der Waals surface area contributed by atoms with Crippen LogP contribution in [0.2, 0.25) is 0 Å². The van der Waals surface area contributed by atoms with Crippen molar-refractivity contribution in [3.8, 4) is 22.8 Å². The number of fused-ring (bicyclic) bond motifs is 2. The Morgan fingerprint density at radius 2 is 1.87 bits per heavy atom. The lowest BCUT2D eigenvalue weighted by molar-refractivity contribution is 0.0938. The van der Waals surface area contributed by atoms with Gasteiger partial charge in [-0.05, 0) is 36.8 Å². The summed E-state index contributed by atoms with van der Waals surface area (Å²) in [6.45, 7) is 2.77. The van der Waals surface area contributed by atoms with Crippen LogP contribution in [0.4, 0.5) is 4.79 Å². The van der Waals surface area contributed by atoms with Gasteiger partial charge in [0.05, 0.1) is 16.8 Å². The molecule has 1 aliphatic heterocycles. The summed E-state index contributed by atoms with van der Waals surface area (Å²) in [7, 11) is 0. The van der Waals surface area contributed by atoms with Gasteiger partial charge >= 0.3 is 6.03 Å². The number of hydrogen-bond acceptors (Lipinski definition) is 5. The second kappa shape index (κ2) is 8.69. The Labute approximate surface area is 173 Å². The molecule has 2 heterocycles. The molecule has 0 fully saturated rings. The van der Waals surface area contributed by atoms with Crippen molar-refractivity contribution in [2.75, 3.05) is 13.3 Å². The third-order valence-corrected chi connectivity index (χ3v) is 4.73. The van der Waals surface area contributed by atoms with Gasteiger partial charge in [0.25, 0.3) is 5.91 Å². The number of urea groups is 1. The lowest BCUT2D eigenvalue weighted by atomic mass is 10.0. The summed E-state index contributed by atoms with van der Waals surface area (Å²) < 4.78 is 10.8. The fourth-order valence-corrected chi connectivity index (χ4v) is 3.17. The number of ether oxygens (including phenoxy) is 2. The lowest BCUT2D eigenvalue weighted by Crippen LogP contribution is -2.47. The molecule has 3 aromatic rings. The number of para-hydroxylation sites is 1. The zero-order chi connectivity index (χ0) is 20.9. The Bertz CT molecular complexity index is 1100. The molecule has 8 nitrogen and oxygen atoms in total. The highest BCUT2D eigenvalue weighted by Gasteiger charge is 2.17. The topological polar surface area (TPSA) is 102 Å². The van der Waals surface area contributed by atoms with E-state index in [4.69, 9.17) is 9.47 Å². The van der Waals surface area contributed by atoms with Gasteiger partial charge in [0, 0.05) is 17.5 Å². The first kappa shape index (κ1) is 19.5. The van der Waals surface area contributed by atoms with Gasteiger partial charge in [0.1, 0.15) is 0 Å². The van der Waals surface area contributed by atoms with Crippen LogP contribution in [0.15, 0.2) is 48.5 Å². The van der Waals surface area contributed by atoms with E-state index in [9.17, 15) is 9.59 Å². The Hall–Kier alpha value is -3.81. The first-order valence-corrected chi connectivity index (χ1v) is 9.79. The molecule has 4 rings (SSSR count). The molecule has 0 unspecified atom stereocenters. The molecule has 0 saturated carbocycles. The van der Waals surface area contributed by atoms with Crippen molar-refractivity contribution >= 4 is 22.8 Å². The standard InChI is InChI=1S/C22H22N4O4/c1-2-3-10-23-22(28)26-25-21(27)16-12-18(24-17-7-5-4-6-15(16)17)14-8-9-19-20(11-14)30-13-29-19/h4-9,11-12H,2-3,10,13H2,1H3,(H,25,27)(H2,23,26,28). The number of nitrogens with one attached hydrogen (secondary N) is 3. The predicted octanol–water partition coefficient (Wildman–Crippen LogP) is 3.37. The van der Waals surface area contributed by atoms with E-state index in [-0.39, 0.29) is 6.79 Å². The third kappa shape index (κ3) is 4.12. The van der Waals surface area contributed by atoms with Crippen LogP contribution in [0.3, 0.4) is 0 Å². The van der Waals surface area contributed by atoms with Crippen molar-refractivity contribution in [1.29, 1.82) is 0 Å². The van der Waals surface area contributed by atoms with Gasteiger partial charge in [0.15, 0.2) is 11.5 Å². The van der Waals surface area contributed by atoms with Crippen molar-refractivity contribution in [1.82, 2.24) is 21.2 Å². The molecule has 0 radical (unpaired) electrons. The van der Waals surface area contributed by atoms with Crippen LogP contribution in [0, 0.1) is 0 Å². The Kier molecular flexibility index (Phi) is 5.65. The first-order chi connectivity index (χ1) is 14.7. The molecule has 0 spiro atoms. The fraction of sp³-hybridized carbons (Fsp3) is 0.227. The van der Waals surface area contributed by atoms with Crippen molar-refractivity contribution in [3.05, 3.63) is 54.1 Å². The number of rotatable bonds is 5. The quantitative estimate of drug-likeness (QED) is 0.445. The number of hydrogen-bond donors (Lipinski definition) is 3. The number of benzene rings is 2. The Morgan fingerprint density at radius 3 is 2.73 bits per heavy atom. The summed E-state index contributed by atoms with van der Waals surface area (Å²) in [5.41, 5.74) is 7.34. The van der Waals surface area contributed by atoms with Crippen LogP contribution in [0.5, 0.6) is 11.5 Å². The second-order valence-electron chi connectivity index (χ2n) is 6.83. The summed E-state index contributed by atoms with van der Waals surface area (Å²) in [6.07, 6.45) is 1.84. The molecule has 3 N–H and O–H groups in total. The molecule has 1 aliphatic rings. The van der Waals surface area contributed by atoms with Crippen molar-refractivity contribution in [2.45, 2.75) is 19.8 Å². The highest BCUT2D eigenvalue weighted by atomic mass is 16.7. The minimum atomic E-state index is -0.453. The average Bonchev–Trinajstić information content (AvgIpc) is 3.25. The van der Waals surface area contributed by atoms with E-state index in [0.717, 1.165) is 18.4 Å². The largest absolute Gasteiger partial charge is 0.454 e. The van der Waals surface area contributed by atoms with Crippen LogP contribution < -0.4 is 25.6 Å². The van der Waals surface area contributed by atoms with E-state index in [0.29, 0.717) is 40.2 Å². The zero-order valence-electron chi connectivity index (χ0n) is 16.5. The Balaban J connectivity index is 1.61. The number of pyridine rings is 1.